The smallest absolute Gasteiger partial charge is 0.240 e. The number of anilines is 1. The Morgan fingerprint density at radius 2 is 1.68 bits per heavy atom. The van der Waals surface area contributed by atoms with Crippen LogP contribution in [-0.2, 0) is 14.8 Å². The van der Waals surface area contributed by atoms with E-state index in [-0.39, 0.29) is 16.8 Å². The number of carbonyl (C=O) groups is 1. The van der Waals surface area contributed by atoms with Gasteiger partial charge in [0.15, 0.2) is 0 Å². The van der Waals surface area contributed by atoms with Crippen molar-refractivity contribution < 1.29 is 13.2 Å². The van der Waals surface area contributed by atoms with Crippen molar-refractivity contribution in [3.8, 4) is 0 Å². The number of hydrogen-bond acceptors (Lipinski definition) is 3. The first-order valence-electron chi connectivity index (χ1n) is 6.29. The number of amides is 1. The summed E-state index contributed by atoms with van der Waals surface area (Å²) in [5.41, 5.74) is 0.578. The Morgan fingerprint density at radius 3 is 2.11 bits per heavy atom. The average molecular weight is 284 g/mol. The van der Waals surface area contributed by atoms with Gasteiger partial charge in [0.05, 0.1) is 4.90 Å². The van der Waals surface area contributed by atoms with Crippen LogP contribution in [0.4, 0.5) is 5.69 Å². The average Bonchev–Trinajstić information content (AvgIpc) is 2.36. The quantitative estimate of drug-likeness (QED) is 0.840. The lowest BCUT2D eigenvalue weighted by Crippen LogP contribution is -2.33. The molecule has 0 unspecified atom stereocenters. The highest BCUT2D eigenvalue weighted by Gasteiger charge is 2.17. The molecule has 0 bridgehead atoms. The van der Waals surface area contributed by atoms with Gasteiger partial charge in [-0.15, -0.1) is 0 Å². The van der Waals surface area contributed by atoms with E-state index in [1.807, 2.05) is 13.8 Å². The summed E-state index contributed by atoms with van der Waals surface area (Å²) in [6.07, 6.45) is 1.50. The van der Waals surface area contributed by atoms with E-state index in [2.05, 4.69) is 10.0 Å². The van der Waals surface area contributed by atoms with Gasteiger partial charge in [0.1, 0.15) is 0 Å². The third-order valence-electron chi connectivity index (χ3n) is 2.79. The number of benzene rings is 1. The second-order valence-electron chi connectivity index (χ2n) is 4.34. The second kappa shape index (κ2) is 6.68. The summed E-state index contributed by atoms with van der Waals surface area (Å²) in [4.78, 5) is 11.1. The van der Waals surface area contributed by atoms with Gasteiger partial charge >= 0.3 is 0 Å². The van der Waals surface area contributed by atoms with Crippen LogP contribution in [0.25, 0.3) is 0 Å². The third kappa shape index (κ3) is 4.65. The Labute approximate surface area is 114 Å². The van der Waals surface area contributed by atoms with E-state index in [0.717, 1.165) is 12.8 Å². The maximum Gasteiger partial charge on any atom is 0.240 e. The van der Waals surface area contributed by atoms with Gasteiger partial charge in [-0.05, 0) is 37.1 Å². The zero-order valence-corrected chi connectivity index (χ0v) is 12.3. The maximum absolute atomic E-state index is 12.1. The first-order chi connectivity index (χ1) is 8.89. The summed E-state index contributed by atoms with van der Waals surface area (Å²) in [6.45, 7) is 5.28. The molecule has 1 aromatic rings. The lowest BCUT2D eigenvalue weighted by atomic mass is 10.2. The van der Waals surface area contributed by atoms with E-state index in [1.54, 1.807) is 12.1 Å². The molecule has 5 nitrogen and oxygen atoms in total. The molecule has 0 atom stereocenters. The molecule has 0 heterocycles. The molecule has 0 saturated heterocycles. The summed E-state index contributed by atoms with van der Waals surface area (Å²) in [5.74, 6) is -0.189. The Balaban J connectivity index is 2.87. The molecule has 0 fully saturated rings. The molecule has 0 aliphatic heterocycles. The number of rotatable bonds is 6. The van der Waals surface area contributed by atoms with Crippen molar-refractivity contribution in [1.29, 1.82) is 0 Å². The Morgan fingerprint density at radius 1 is 1.16 bits per heavy atom. The molecule has 2 N–H and O–H groups in total. The highest BCUT2D eigenvalue weighted by atomic mass is 32.2. The van der Waals surface area contributed by atoms with Crippen LogP contribution in [0.2, 0.25) is 0 Å². The fourth-order valence-electron chi connectivity index (χ4n) is 1.66. The molecule has 1 amide bonds. The van der Waals surface area contributed by atoms with Crippen LogP contribution in [0, 0.1) is 0 Å². The monoisotopic (exact) mass is 284 g/mol. The van der Waals surface area contributed by atoms with Gasteiger partial charge in [-0.1, -0.05) is 13.8 Å². The summed E-state index contributed by atoms with van der Waals surface area (Å²) < 4.78 is 26.8. The molecule has 6 heteroatoms. The number of sulfonamides is 1. The number of hydrogen-bond donors (Lipinski definition) is 2. The summed E-state index contributed by atoms with van der Waals surface area (Å²) >= 11 is 0. The van der Waals surface area contributed by atoms with Crippen molar-refractivity contribution in [2.75, 3.05) is 5.32 Å². The van der Waals surface area contributed by atoms with E-state index < -0.39 is 10.0 Å². The van der Waals surface area contributed by atoms with E-state index in [9.17, 15) is 13.2 Å². The lowest BCUT2D eigenvalue weighted by Gasteiger charge is -2.15. The summed E-state index contributed by atoms with van der Waals surface area (Å²) in [6, 6.07) is 6.05. The van der Waals surface area contributed by atoms with E-state index >= 15 is 0 Å². The van der Waals surface area contributed by atoms with Crippen LogP contribution >= 0.6 is 0 Å². The molecule has 0 radical (unpaired) electrons. The van der Waals surface area contributed by atoms with Gasteiger partial charge in [0.2, 0.25) is 15.9 Å². The SMILES string of the molecule is CCC(CC)NS(=O)(=O)c1ccc(NC(C)=O)cc1. The van der Waals surface area contributed by atoms with Crippen LogP contribution in [0.15, 0.2) is 29.2 Å². The van der Waals surface area contributed by atoms with Gasteiger partial charge in [-0.2, -0.15) is 0 Å². The molecular weight excluding hydrogens is 264 g/mol. The van der Waals surface area contributed by atoms with Crippen LogP contribution in [-0.4, -0.2) is 20.4 Å². The normalized spacial score (nSPS) is 11.6. The van der Waals surface area contributed by atoms with Crippen LogP contribution in [0.1, 0.15) is 33.6 Å². The van der Waals surface area contributed by atoms with Gasteiger partial charge < -0.3 is 5.32 Å². The number of nitrogens with one attached hydrogen (secondary N) is 2. The van der Waals surface area contributed by atoms with Crippen molar-refractivity contribution >= 4 is 21.6 Å². The van der Waals surface area contributed by atoms with Crippen LogP contribution < -0.4 is 10.0 Å². The first-order valence-corrected chi connectivity index (χ1v) is 7.77. The molecule has 0 aliphatic carbocycles. The lowest BCUT2D eigenvalue weighted by molar-refractivity contribution is -0.114. The molecule has 0 spiro atoms. The zero-order chi connectivity index (χ0) is 14.5. The highest BCUT2D eigenvalue weighted by Crippen LogP contribution is 2.15. The van der Waals surface area contributed by atoms with Gasteiger partial charge in [0.25, 0.3) is 0 Å². The molecule has 19 heavy (non-hydrogen) atoms. The number of carbonyl (C=O) groups excluding carboxylic acids is 1. The zero-order valence-electron chi connectivity index (χ0n) is 11.4. The maximum atomic E-state index is 12.1. The van der Waals surface area contributed by atoms with Crippen LogP contribution in [0.5, 0.6) is 0 Å². The summed E-state index contributed by atoms with van der Waals surface area (Å²) in [7, 11) is -3.49. The minimum Gasteiger partial charge on any atom is -0.326 e. The molecule has 106 valence electrons. The molecule has 0 aliphatic rings. The van der Waals surface area contributed by atoms with Crippen LogP contribution in [0.3, 0.4) is 0 Å². The molecule has 0 aromatic heterocycles. The minimum atomic E-state index is -3.49. The molecule has 0 saturated carbocycles. The largest absolute Gasteiger partial charge is 0.326 e. The van der Waals surface area contributed by atoms with Crippen molar-refractivity contribution in [2.45, 2.75) is 44.6 Å². The van der Waals surface area contributed by atoms with Crippen molar-refractivity contribution in [3.05, 3.63) is 24.3 Å². The summed E-state index contributed by atoms with van der Waals surface area (Å²) in [5, 5.41) is 2.59. The van der Waals surface area contributed by atoms with E-state index in [1.165, 1.54) is 19.1 Å². The minimum absolute atomic E-state index is 0.0555. The predicted octanol–water partition coefficient (Wildman–Crippen LogP) is 2.11. The Hall–Kier alpha value is -1.40. The van der Waals surface area contributed by atoms with Crippen molar-refractivity contribution in [3.63, 3.8) is 0 Å². The predicted molar refractivity (Wildman–Crippen MR) is 75.4 cm³/mol. The Kier molecular flexibility index (Phi) is 5.50. The van der Waals surface area contributed by atoms with E-state index in [4.69, 9.17) is 0 Å². The van der Waals surface area contributed by atoms with E-state index in [0.29, 0.717) is 5.69 Å². The van der Waals surface area contributed by atoms with Crippen molar-refractivity contribution in [2.24, 2.45) is 0 Å². The molecule has 1 rings (SSSR count). The van der Waals surface area contributed by atoms with Gasteiger partial charge in [-0.3, -0.25) is 4.79 Å². The van der Waals surface area contributed by atoms with Crippen molar-refractivity contribution in [1.82, 2.24) is 4.72 Å². The fourth-order valence-corrected chi connectivity index (χ4v) is 3.07. The van der Waals surface area contributed by atoms with Gasteiger partial charge in [0, 0.05) is 18.7 Å². The standard InChI is InChI=1S/C13H20N2O3S/c1-4-11(5-2)15-19(17,18)13-8-6-12(7-9-13)14-10(3)16/h6-9,11,15H,4-5H2,1-3H3,(H,14,16). The fraction of sp³-hybridized carbons (Fsp3) is 0.462. The van der Waals surface area contributed by atoms with Gasteiger partial charge in [-0.25, -0.2) is 13.1 Å². The third-order valence-corrected chi connectivity index (χ3v) is 4.33. The highest BCUT2D eigenvalue weighted by molar-refractivity contribution is 7.89. The second-order valence-corrected chi connectivity index (χ2v) is 6.05. The molecular formula is C13H20N2O3S. The Bertz CT molecular complexity index is 519. The first kappa shape index (κ1) is 15.7. The molecule has 1 aromatic carbocycles. The topological polar surface area (TPSA) is 75.3 Å².